The third-order valence-electron chi connectivity index (χ3n) is 4.39. The van der Waals surface area contributed by atoms with Gasteiger partial charge >= 0.3 is 5.97 Å². The molecule has 0 unspecified atom stereocenters. The van der Waals surface area contributed by atoms with Gasteiger partial charge in [-0.2, -0.15) is 5.10 Å². The van der Waals surface area contributed by atoms with E-state index in [1.165, 1.54) is 22.9 Å². The van der Waals surface area contributed by atoms with Crippen molar-refractivity contribution in [2.24, 2.45) is 5.92 Å². The first-order chi connectivity index (χ1) is 15.1. The summed E-state index contributed by atoms with van der Waals surface area (Å²) >= 11 is 0. The lowest BCUT2D eigenvalue weighted by molar-refractivity contribution is -0.116. The molecule has 0 aliphatic carbocycles. The van der Waals surface area contributed by atoms with Gasteiger partial charge in [0.05, 0.1) is 0 Å². The fourth-order valence-corrected chi connectivity index (χ4v) is 4.68. The zero-order valence-corrected chi connectivity index (χ0v) is 20.8. The van der Waals surface area contributed by atoms with Gasteiger partial charge in [-0.1, -0.05) is 13.8 Å². The second-order valence-corrected chi connectivity index (χ2v) is 10.8. The molecule has 0 atom stereocenters. The predicted octanol–water partition coefficient (Wildman–Crippen LogP) is 3.76. The van der Waals surface area contributed by atoms with Crippen LogP contribution in [0.15, 0.2) is 23.1 Å². The molecule has 0 aliphatic rings. The number of nitrogens with zero attached hydrogens (tertiary/aromatic N) is 2. The van der Waals surface area contributed by atoms with Crippen LogP contribution in [0, 0.1) is 12.8 Å². The smallest absolute Gasteiger partial charge is 0.356 e. The van der Waals surface area contributed by atoms with E-state index in [2.05, 4.69) is 15.1 Å². The zero-order valence-electron chi connectivity index (χ0n) is 20.0. The number of ether oxygens (including phenoxy) is 1. The Kier molecular flexibility index (Phi) is 7.91. The minimum absolute atomic E-state index is 0.0248. The molecule has 2 rings (SSSR count). The summed E-state index contributed by atoms with van der Waals surface area (Å²) in [4.78, 5) is 23.5. The number of hydrogen-bond acceptors (Lipinski definition) is 6. The van der Waals surface area contributed by atoms with E-state index < -0.39 is 21.5 Å². The summed E-state index contributed by atoms with van der Waals surface area (Å²) in [7, 11) is -4.06. The number of carbonyl (C=O) groups excluding carboxylic acids is 1. The van der Waals surface area contributed by atoms with Gasteiger partial charge in [0, 0.05) is 29.8 Å². The quantitative estimate of drug-likeness (QED) is 0.496. The summed E-state index contributed by atoms with van der Waals surface area (Å²) in [5.41, 5.74) is -0.383. The van der Waals surface area contributed by atoms with Crippen LogP contribution in [0.25, 0.3) is 0 Å². The van der Waals surface area contributed by atoms with E-state index in [0.717, 1.165) is 0 Å². The number of carbonyl (C=O) groups is 2. The van der Waals surface area contributed by atoms with Crippen LogP contribution in [-0.2, 0) is 21.4 Å². The molecule has 0 fully saturated rings. The van der Waals surface area contributed by atoms with Crippen molar-refractivity contribution in [1.29, 1.82) is 0 Å². The fraction of sp³-hybridized carbons (Fsp3) is 0.500. The Bertz CT molecular complexity index is 1150. The van der Waals surface area contributed by atoms with Crippen LogP contribution in [0.2, 0.25) is 0 Å². The second kappa shape index (κ2) is 9.92. The highest BCUT2D eigenvalue weighted by Gasteiger charge is 2.28. The number of aromatic nitrogens is 2. The molecule has 182 valence electrons. The highest BCUT2D eigenvalue weighted by Crippen LogP contribution is 2.34. The number of anilines is 1. The molecule has 3 N–H and O–H groups in total. The molecular formula is C22H32N4O6S. The Morgan fingerprint density at radius 1 is 1.24 bits per heavy atom. The lowest BCUT2D eigenvalue weighted by Gasteiger charge is -2.22. The number of rotatable bonds is 9. The van der Waals surface area contributed by atoms with Crippen LogP contribution in [0.3, 0.4) is 0 Å². The molecule has 11 heteroatoms. The maximum Gasteiger partial charge on any atom is 0.356 e. The zero-order chi connectivity index (χ0) is 25.1. The number of aryl methyl sites for hydroxylation is 1. The van der Waals surface area contributed by atoms with Crippen molar-refractivity contribution in [2.75, 3.05) is 5.32 Å². The van der Waals surface area contributed by atoms with Crippen molar-refractivity contribution >= 4 is 27.6 Å². The average Bonchev–Trinajstić information content (AvgIpc) is 2.96. The molecule has 0 aliphatic heterocycles. The fourth-order valence-electron chi connectivity index (χ4n) is 3.11. The van der Waals surface area contributed by atoms with Gasteiger partial charge in [0.25, 0.3) is 0 Å². The van der Waals surface area contributed by atoms with E-state index >= 15 is 0 Å². The standard InChI is InChI=1S/C22H32N4O6S/c1-8-26-20(14(4)19(24-26)21(28)29)32-16-10-9-15(23-18(27)11-13(2)3)12-17(16)33(30,31)25-22(5,6)7/h9-10,12-13,25H,8,11H2,1-7H3,(H,23,27)(H,28,29). The van der Waals surface area contributed by atoms with Crippen LogP contribution < -0.4 is 14.8 Å². The van der Waals surface area contributed by atoms with Crippen molar-refractivity contribution in [2.45, 2.75) is 71.9 Å². The molecule has 0 bridgehead atoms. The van der Waals surface area contributed by atoms with Crippen molar-refractivity contribution in [1.82, 2.24) is 14.5 Å². The summed E-state index contributed by atoms with van der Waals surface area (Å²) in [5.74, 6) is -1.21. The first-order valence-electron chi connectivity index (χ1n) is 10.6. The van der Waals surface area contributed by atoms with E-state index in [1.54, 1.807) is 34.6 Å². The average molecular weight is 481 g/mol. The van der Waals surface area contributed by atoms with Crippen molar-refractivity contribution in [3.8, 4) is 11.6 Å². The number of aromatic carboxylic acids is 1. The number of amides is 1. The van der Waals surface area contributed by atoms with E-state index in [9.17, 15) is 23.1 Å². The molecule has 2 aromatic rings. The molecule has 1 heterocycles. The minimum atomic E-state index is -4.06. The molecule has 0 saturated heterocycles. The third kappa shape index (κ3) is 6.78. The highest BCUT2D eigenvalue weighted by molar-refractivity contribution is 7.89. The number of benzene rings is 1. The van der Waals surface area contributed by atoms with E-state index in [0.29, 0.717) is 12.2 Å². The van der Waals surface area contributed by atoms with Crippen LogP contribution >= 0.6 is 0 Å². The summed E-state index contributed by atoms with van der Waals surface area (Å²) < 4.78 is 36.3. The summed E-state index contributed by atoms with van der Waals surface area (Å²) in [5, 5.41) is 16.1. The van der Waals surface area contributed by atoms with Gasteiger partial charge in [0.1, 0.15) is 10.6 Å². The monoisotopic (exact) mass is 480 g/mol. The van der Waals surface area contributed by atoms with E-state index in [4.69, 9.17) is 4.74 Å². The molecule has 1 aromatic heterocycles. The Morgan fingerprint density at radius 3 is 2.39 bits per heavy atom. The number of hydrogen-bond donors (Lipinski definition) is 3. The Hall–Kier alpha value is -2.92. The molecule has 1 aromatic carbocycles. The van der Waals surface area contributed by atoms with E-state index in [1.807, 2.05) is 13.8 Å². The number of sulfonamides is 1. The molecular weight excluding hydrogens is 448 g/mol. The van der Waals surface area contributed by atoms with Gasteiger partial charge in [-0.3, -0.25) is 4.79 Å². The maximum atomic E-state index is 13.2. The second-order valence-electron chi connectivity index (χ2n) is 9.16. The van der Waals surface area contributed by atoms with Gasteiger partial charge in [0.15, 0.2) is 5.69 Å². The largest absolute Gasteiger partial charge is 0.476 e. The number of carboxylic acid groups (broad SMARTS) is 1. The van der Waals surface area contributed by atoms with Gasteiger partial charge in [0.2, 0.25) is 21.8 Å². The molecule has 0 saturated carbocycles. The summed E-state index contributed by atoms with van der Waals surface area (Å²) in [6.07, 6.45) is 0.285. The highest BCUT2D eigenvalue weighted by atomic mass is 32.2. The lowest BCUT2D eigenvalue weighted by Crippen LogP contribution is -2.40. The van der Waals surface area contributed by atoms with E-state index in [-0.39, 0.29) is 46.0 Å². The number of nitrogens with one attached hydrogen (secondary N) is 2. The van der Waals surface area contributed by atoms with Gasteiger partial charge < -0.3 is 15.2 Å². The maximum absolute atomic E-state index is 13.2. The molecule has 0 radical (unpaired) electrons. The van der Waals surface area contributed by atoms with Crippen molar-refractivity contribution < 1.29 is 27.9 Å². The summed E-state index contributed by atoms with van der Waals surface area (Å²) in [6.45, 7) is 12.5. The third-order valence-corrected chi connectivity index (χ3v) is 6.17. The molecule has 0 spiro atoms. The Balaban J connectivity index is 2.58. The first-order valence-corrected chi connectivity index (χ1v) is 12.1. The van der Waals surface area contributed by atoms with Crippen molar-refractivity contribution in [3.63, 3.8) is 0 Å². The topological polar surface area (TPSA) is 140 Å². The van der Waals surface area contributed by atoms with Crippen LogP contribution in [0.4, 0.5) is 5.69 Å². The Labute approximate surface area is 194 Å². The predicted molar refractivity (Wildman–Crippen MR) is 124 cm³/mol. The SMILES string of the molecule is CCn1nc(C(=O)O)c(C)c1Oc1ccc(NC(=O)CC(C)C)cc1S(=O)(=O)NC(C)(C)C. The van der Waals surface area contributed by atoms with Gasteiger partial charge in [-0.15, -0.1) is 0 Å². The van der Waals surface area contributed by atoms with Crippen LogP contribution in [0.5, 0.6) is 11.6 Å². The summed E-state index contributed by atoms with van der Waals surface area (Å²) in [6, 6.07) is 4.28. The van der Waals surface area contributed by atoms with Crippen LogP contribution in [0.1, 0.15) is 64.0 Å². The first kappa shape index (κ1) is 26.3. The Morgan fingerprint density at radius 2 is 1.88 bits per heavy atom. The molecule has 10 nitrogen and oxygen atoms in total. The van der Waals surface area contributed by atoms with Gasteiger partial charge in [-0.25, -0.2) is 22.6 Å². The molecule has 33 heavy (non-hydrogen) atoms. The molecule has 1 amide bonds. The van der Waals surface area contributed by atoms with Crippen LogP contribution in [-0.4, -0.2) is 40.7 Å². The normalized spacial score (nSPS) is 12.1. The minimum Gasteiger partial charge on any atom is -0.476 e. The van der Waals surface area contributed by atoms with Gasteiger partial charge in [-0.05, 0) is 58.7 Å². The lowest BCUT2D eigenvalue weighted by atomic mass is 10.1. The van der Waals surface area contributed by atoms with Crippen molar-refractivity contribution in [3.05, 3.63) is 29.5 Å². The number of carboxylic acids is 1.